The summed E-state index contributed by atoms with van der Waals surface area (Å²) in [6.07, 6.45) is 4.31. The zero-order chi connectivity index (χ0) is 22.2. The zero-order valence-corrected chi connectivity index (χ0v) is 19.6. The topological polar surface area (TPSA) is 77.1 Å². The second kappa shape index (κ2) is 10.6. The third-order valence-corrected chi connectivity index (χ3v) is 10.1. The molecule has 0 aromatic heterocycles. The van der Waals surface area contributed by atoms with E-state index in [1.807, 2.05) is 36.4 Å². The van der Waals surface area contributed by atoms with Crippen LogP contribution in [0.2, 0.25) is 18.1 Å². The second-order valence-electron chi connectivity index (χ2n) is 8.93. The van der Waals surface area contributed by atoms with Crippen LogP contribution in [0.4, 0.5) is 9.59 Å². The number of nitrogens with zero attached hydrogens (tertiary/aromatic N) is 1. The van der Waals surface area contributed by atoms with Crippen LogP contribution in [0.15, 0.2) is 42.5 Å². The highest BCUT2D eigenvalue weighted by atomic mass is 28.4. The van der Waals surface area contributed by atoms with Crippen molar-refractivity contribution in [2.45, 2.75) is 64.4 Å². The summed E-state index contributed by atoms with van der Waals surface area (Å²) in [5, 5.41) is 0.0802. The van der Waals surface area contributed by atoms with Crippen LogP contribution in [0.25, 0.3) is 0 Å². The molecule has 0 aliphatic carbocycles. The number of carbonyl (C=O) groups is 2. The molecule has 1 aromatic carbocycles. The molecule has 1 unspecified atom stereocenters. The van der Waals surface area contributed by atoms with Crippen LogP contribution >= 0.6 is 0 Å². The van der Waals surface area contributed by atoms with E-state index in [1.165, 1.54) is 0 Å². The molecule has 1 heterocycles. The van der Waals surface area contributed by atoms with E-state index in [-0.39, 0.29) is 17.7 Å². The Labute approximate surface area is 180 Å². The molecule has 1 aliphatic rings. The highest BCUT2D eigenvalue weighted by Gasteiger charge is 2.38. The van der Waals surface area contributed by atoms with Crippen LogP contribution in [0.5, 0.6) is 0 Å². The number of hydrogen-bond acceptors (Lipinski definition) is 5. The number of rotatable bonds is 5. The molecule has 8 heteroatoms. The van der Waals surface area contributed by atoms with Gasteiger partial charge < -0.3 is 14.0 Å². The lowest BCUT2D eigenvalue weighted by Gasteiger charge is -2.38. The first-order valence-electron chi connectivity index (χ1n) is 10.3. The fourth-order valence-electron chi connectivity index (χ4n) is 2.68. The van der Waals surface area contributed by atoms with Crippen LogP contribution in [-0.4, -0.2) is 44.6 Å². The summed E-state index contributed by atoms with van der Waals surface area (Å²) in [5.41, 5.74) is 2.93. The van der Waals surface area contributed by atoms with E-state index >= 15 is 0 Å². The van der Waals surface area contributed by atoms with Crippen molar-refractivity contribution in [2.75, 3.05) is 13.2 Å². The van der Waals surface area contributed by atoms with E-state index in [2.05, 4.69) is 45.4 Å². The van der Waals surface area contributed by atoms with Crippen LogP contribution in [0.3, 0.4) is 0 Å². The van der Waals surface area contributed by atoms with E-state index in [4.69, 9.17) is 14.0 Å². The molecule has 2 rings (SSSR count). The first kappa shape index (κ1) is 24.0. The predicted octanol–water partition coefficient (Wildman–Crippen LogP) is 5.01. The summed E-state index contributed by atoms with van der Waals surface area (Å²) in [7, 11) is -1.95. The summed E-state index contributed by atoms with van der Waals surface area (Å²) in [4.78, 5) is 31.1. The first-order chi connectivity index (χ1) is 14.1. The fraction of sp³-hybridized carbons (Fsp3) is 0.545. The molecule has 0 bridgehead atoms. The van der Waals surface area contributed by atoms with Crippen molar-refractivity contribution in [2.24, 2.45) is 0 Å². The van der Waals surface area contributed by atoms with E-state index in [0.29, 0.717) is 13.2 Å². The molecule has 7 nitrogen and oxygen atoms in total. The van der Waals surface area contributed by atoms with E-state index in [0.717, 1.165) is 18.4 Å². The summed E-state index contributed by atoms with van der Waals surface area (Å²) in [6, 6.07) is 9.04. The van der Waals surface area contributed by atoms with Gasteiger partial charge in [-0.1, -0.05) is 63.3 Å². The minimum atomic E-state index is -1.95. The van der Waals surface area contributed by atoms with Crippen molar-refractivity contribution in [3.05, 3.63) is 48.0 Å². The minimum Gasteiger partial charge on any atom is -0.443 e. The SMILES string of the molecule is CC(C)(C)[Si](C)(C)OCC1C=CCCCN1C(=O)ONC(=O)OCc1ccccc1. The van der Waals surface area contributed by atoms with Gasteiger partial charge in [-0.3, -0.25) is 4.90 Å². The molecule has 30 heavy (non-hydrogen) atoms. The van der Waals surface area contributed by atoms with Crippen LogP contribution in [0.1, 0.15) is 39.2 Å². The fourth-order valence-corrected chi connectivity index (χ4v) is 3.70. The standard InChI is InChI=1S/C22H34N2O5Si/c1-22(2,3)30(4,5)28-17-19-14-10-7-11-15-24(19)21(26)29-23-20(25)27-16-18-12-8-6-9-13-18/h6,8-10,12-14,19H,7,11,15-17H2,1-5H3,(H,23,25). The van der Waals surface area contributed by atoms with Crippen LogP contribution in [-0.2, 0) is 20.6 Å². The number of allylic oxidation sites excluding steroid dienone is 1. The lowest BCUT2D eigenvalue weighted by Crippen LogP contribution is -2.48. The Bertz CT molecular complexity index is 731. The number of nitrogens with one attached hydrogen (secondary N) is 1. The average Bonchev–Trinajstić information content (AvgIpc) is 2.94. The van der Waals surface area contributed by atoms with Gasteiger partial charge in [-0.25, -0.2) is 9.59 Å². The number of benzene rings is 1. The van der Waals surface area contributed by atoms with Crippen molar-refractivity contribution in [3.63, 3.8) is 0 Å². The molecule has 166 valence electrons. The molecule has 1 aliphatic heterocycles. The van der Waals surface area contributed by atoms with Gasteiger partial charge >= 0.3 is 12.2 Å². The number of hydrogen-bond donors (Lipinski definition) is 1. The number of carbonyl (C=O) groups excluding carboxylic acids is 2. The Morgan fingerprint density at radius 3 is 2.57 bits per heavy atom. The maximum Gasteiger partial charge on any atom is 0.441 e. The quantitative estimate of drug-likeness (QED) is 0.401. The van der Waals surface area contributed by atoms with Gasteiger partial charge in [-0.2, -0.15) is 0 Å². The molecule has 0 saturated heterocycles. The smallest absolute Gasteiger partial charge is 0.441 e. The lowest BCUT2D eigenvalue weighted by atomic mass is 10.2. The zero-order valence-electron chi connectivity index (χ0n) is 18.6. The minimum absolute atomic E-state index is 0.0802. The average molecular weight is 435 g/mol. The third kappa shape index (κ3) is 7.18. The normalized spacial score (nSPS) is 17.2. The van der Waals surface area contributed by atoms with Crippen molar-refractivity contribution < 1.29 is 23.6 Å². The third-order valence-electron chi connectivity index (χ3n) is 5.62. The molecule has 0 fully saturated rings. The Balaban J connectivity index is 1.88. The number of hydroxylamine groups is 1. The Hall–Kier alpha value is -2.32. The highest BCUT2D eigenvalue weighted by molar-refractivity contribution is 6.74. The molecule has 0 radical (unpaired) electrons. The Morgan fingerprint density at radius 1 is 1.20 bits per heavy atom. The van der Waals surface area contributed by atoms with Gasteiger partial charge in [0, 0.05) is 6.54 Å². The van der Waals surface area contributed by atoms with Gasteiger partial charge in [-0.05, 0) is 36.5 Å². The molecule has 1 aromatic rings. The molecular formula is C22H34N2O5Si. The van der Waals surface area contributed by atoms with Crippen molar-refractivity contribution in [1.82, 2.24) is 10.4 Å². The maximum atomic E-state index is 12.6. The molecule has 0 spiro atoms. The first-order valence-corrected chi connectivity index (χ1v) is 13.3. The summed E-state index contributed by atoms with van der Waals surface area (Å²) >= 11 is 0. The Morgan fingerprint density at radius 2 is 1.90 bits per heavy atom. The molecular weight excluding hydrogens is 400 g/mol. The molecule has 1 atom stereocenters. The van der Waals surface area contributed by atoms with E-state index in [1.54, 1.807) is 4.90 Å². The number of amides is 2. The van der Waals surface area contributed by atoms with Gasteiger partial charge in [-0.15, -0.1) is 5.48 Å². The summed E-state index contributed by atoms with van der Waals surface area (Å²) in [5.74, 6) is 0. The van der Waals surface area contributed by atoms with Gasteiger partial charge in [0.25, 0.3) is 0 Å². The molecule has 2 amide bonds. The van der Waals surface area contributed by atoms with E-state index < -0.39 is 20.5 Å². The number of ether oxygens (including phenoxy) is 1. The van der Waals surface area contributed by atoms with Crippen molar-refractivity contribution in [1.29, 1.82) is 0 Å². The van der Waals surface area contributed by atoms with Crippen molar-refractivity contribution >= 4 is 20.5 Å². The van der Waals surface area contributed by atoms with Gasteiger partial charge in [0.05, 0.1) is 12.6 Å². The maximum absolute atomic E-state index is 12.6. The Kier molecular flexibility index (Phi) is 8.49. The van der Waals surface area contributed by atoms with E-state index in [9.17, 15) is 9.59 Å². The van der Waals surface area contributed by atoms with Gasteiger partial charge in [0.15, 0.2) is 8.32 Å². The lowest BCUT2D eigenvalue weighted by molar-refractivity contribution is 0.0313. The van der Waals surface area contributed by atoms with Gasteiger partial charge in [0.1, 0.15) is 6.61 Å². The summed E-state index contributed by atoms with van der Waals surface area (Å²) < 4.78 is 11.4. The second-order valence-corrected chi connectivity index (χ2v) is 13.7. The van der Waals surface area contributed by atoms with Crippen LogP contribution < -0.4 is 5.48 Å². The van der Waals surface area contributed by atoms with Crippen molar-refractivity contribution in [3.8, 4) is 0 Å². The van der Waals surface area contributed by atoms with Crippen LogP contribution in [0, 0.1) is 0 Å². The summed E-state index contributed by atoms with van der Waals surface area (Å²) in [6.45, 7) is 11.9. The van der Waals surface area contributed by atoms with Gasteiger partial charge in [0.2, 0.25) is 0 Å². The molecule has 0 saturated carbocycles. The largest absolute Gasteiger partial charge is 0.443 e. The highest BCUT2D eigenvalue weighted by Crippen LogP contribution is 2.36. The molecule has 1 N–H and O–H groups in total. The monoisotopic (exact) mass is 434 g/mol. The predicted molar refractivity (Wildman–Crippen MR) is 118 cm³/mol.